The summed E-state index contributed by atoms with van der Waals surface area (Å²) < 4.78 is 22.9. The highest BCUT2D eigenvalue weighted by Crippen LogP contribution is 2.16. The van der Waals surface area contributed by atoms with E-state index in [-0.39, 0.29) is 30.5 Å². The zero-order valence-electron chi connectivity index (χ0n) is 13.4. The van der Waals surface area contributed by atoms with Crippen LogP contribution in [-0.2, 0) is 14.6 Å². The Balaban J connectivity index is 1.66. The Morgan fingerprint density at radius 1 is 1.12 bits per heavy atom. The second kappa shape index (κ2) is 6.67. The fourth-order valence-corrected chi connectivity index (χ4v) is 3.87. The minimum atomic E-state index is -3.02. The van der Waals surface area contributed by atoms with E-state index in [0.717, 1.165) is 0 Å². The predicted octanol–water partition coefficient (Wildman–Crippen LogP) is -0.207. The fourth-order valence-electron chi connectivity index (χ4n) is 2.67. The fraction of sp³-hybridized carbons (Fsp3) is 0.312. The Kier molecular flexibility index (Phi) is 4.58. The highest BCUT2D eigenvalue weighted by Gasteiger charge is 2.25. The molecule has 0 bridgehead atoms. The lowest BCUT2D eigenvalue weighted by Gasteiger charge is -2.26. The van der Waals surface area contributed by atoms with Gasteiger partial charge in [-0.25, -0.2) is 8.42 Å². The number of primary amides is 1. The molecule has 0 spiro atoms. The number of amides is 2. The molecule has 25 heavy (non-hydrogen) atoms. The van der Waals surface area contributed by atoms with Crippen LogP contribution >= 0.6 is 0 Å². The summed E-state index contributed by atoms with van der Waals surface area (Å²) in [5.41, 5.74) is 6.78. The standard InChI is InChI=1S/C16H18N4O4S/c17-14(21)13-5-6-18-15(13)19-12-3-1-11(2-4-12)16(22)20-7-9-25(23,24)10-8-20/h1-5H,6-10H2,(H2,17,21)(H,18,19). The van der Waals surface area contributed by atoms with Gasteiger partial charge in [0.25, 0.3) is 11.8 Å². The number of sulfone groups is 1. The zero-order valence-corrected chi connectivity index (χ0v) is 14.3. The lowest BCUT2D eigenvalue weighted by Crippen LogP contribution is -2.43. The molecule has 2 aliphatic rings. The van der Waals surface area contributed by atoms with Crippen molar-refractivity contribution in [2.75, 3.05) is 36.5 Å². The second-order valence-corrected chi connectivity index (χ2v) is 8.12. The SMILES string of the molecule is NC(=O)C1=CCN=C1Nc1ccc(C(=O)N2CCS(=O)(=O)CC2)cc1. The van der Waals surface area contributed by atoms with E-state index in [1.165, 1.54) is 0 Å². The van der Waals surface area contributed by atoms with E-state index < -0.39 is 15.7 Å². The number of amidine groups is 1. The number of nitrogens with one attached hydrogen (secondary N) is 1. The zero-order chi connectivity index (χ0) is 18.0. The van der Waals surface area contributed by atoms with E-state index in [1.54, 1.807) is 35.2 Å². The summed E-state index contributed by atoms with van der Waals surface area (Å²) in [5.74, 6) is -0.332. The third kappa shape index (κ3) is 3.87. The van der Waals surface area contributed by atoms with Crippen molar-refractivity contribution >= 4 is 33.2 Å². The minimum absolute atomic E-state index is 0.000429. The van der Waals surface area contributed by atoms with Crippen LogP contribution < -0.4 is 11.1 Å². The number of hydrogen-bond acceptors (Lipinski definition) is 6. The van der Waals surface area contributed by atoms with Gasteiger partial charge in [0.15, 0.2) is 9.84 Å². The van der Waals surface area contributed by atoms with Crippen molar-refractivity contribution in [3.63, 3.8) is 0 Å². The van der Waals surface area contributed by atoms with Crippen molar-refractivity contribution in [1.29, 1.82) is 0 Å². The summed E-state index contributed by atoms with van der Waals surface area (Å²) in [6.45, 7) is 0.824. The van der Waals surface area contributed by atoms with Crippen LogP contribution in [0.5, 0.6) is 0 Å². The number of nitrogens with two attached hydrogens (primary N) is 1. The first-order valence-corrected chi connectivity index (χ1v) is 9.59. The summed E-state index contributed by atoms with van der Waals surface area (Å²) in [7, 11) is -3.02. The first-order chi connectivity index (χ1) is 11.9. The maximum atomic E-state index is 12.4. The number of carbonyl (C=O) groups is 2. The van der Waals surface area contributed by atoms with Crippen LogP contribution in [0.2, 0.25) is 0 Å². The minimum Gasteiger partial charge on any atom is -0.365 e. The highest BCUT2D eigenvalue weighted by molar-refractivity contribution is 7.91. The molecule has 1 saturated heterocycles. The van der Waals surface area contributed by atoms with E-state index >= 15 is 0 Å². The molecular weight excluding hydrogens is 344 g/mol. The van der Waals surface area contributed by atoms with Gasteiger partial charge in [-0.3, -0.25) is 14.6 Å². The average Bonchev–Trinajstić information content (AvgIpc) is 3.03. The molecule has 0 atom stereocenters. The smallest absolute Gasteiger partial charge is 0.253 e. The summed E-state index contributed by atoms with van der Waals surface area (Å²) in [6, 6.07) is 6.70. The molecule has 2 heterocycles. The molecule has 1 fully saturated rings. The van der Waals surface area contributed by atoms with Crippen molar-refractivity contribution in [2.24, 2.45) is 10.7 Å². The average molecular weight is 362 g/mol. The molecule has 2 aliphatic heterocycles. The quantitative estimate of drug-likeness (QED) is 0.771. The maximum absolute atomic E-state index is 12.4. The number of carbonyl (C=O) groups excluding carboxylic acids is 2. The molecule has 0 unspecified atom stereocenters. The molecule has 1 aromatic carbocycles. The molecule has 3 N–H and O–H groups in total. The Bertz CT molecular complexity index is 858. The molecule has 2 amide bonds. The van der Waals surface area contributed by atoms with E-state index in [0.29, 0.717) is 29.2 Å². The van der Waals surface area contributed by atoms with E-state index in [4.69, 9.17) is 5.73 Å². The third-order valence-electron chi connectivity index (χ3n) is 4.09. The van der Waals surface area contributed by atoms with Gasteiger partial charge in [0.05, 0.1) is 23.6 Å². The highest BCUT2D eigenvalue weighted by atomic mass is 32.2. The van der Waals surface area contributed by atoms with Gasteiger partial charge in [-0.05, 0) is 30.3 Å². The summed E-state index contributed by atoms with van der Waals surface area (Å²) in [5, 5.41) is 3.01. The van der Waals surface area contributed by atoms with Crippen LogP contribution in [0, 0.1) is 0 Å². The van der Waals surface area contributed by atoms with Gasteiger partial charge in [0, 0.05) is 24.3 Å². The second-order valence-electron chi connectivity index (χ2n) is 5.82. The van der Waals surface area contributed by atoms with Gasteiger partial charge >= 0.3 is 0 Å². The van der Waals surface area contributed by atoms with Crippen LogP contribution in [0.25, 0.3) is 0 Å². The lowest BCUT2D eigenvalue weighted by molar-refractivity contribution is -0.114. The number of rotatable bonds is 3. The molecule has 0 aliphatic carbocycles. The van der Waals surface area contributed by atoms with Gasteiger partial charge in [0.1, 0.15) is 5.84 Å². The number of benzene rings is 1. The topological polar surface area (TPSA) is 122 Å². The van der Waals surface area contributed by atoms with Crippen molar-refractivity contribution in [2.45, 2.75) is 0 Å². The Morgan fingerprint density at radius 2 is 1.76 bits per heavy atom. The van der Waals surface area contributed by atoms with Gasteiger partial charge in [0.2, 0.25) is 0 Å². The normalized spacial score (nSPS) is 19.1. The van der Waals surface area contributed by atoms with Crippen LogP contribution in [0.3, 0.4) is 0 Å². The van der Waals surface area contributed by atoms with Crippen molar-refractivity contribution in [3.05, 3.63) is 41.5 Å². The van der Waals surface area contributed by atoms with E-state index in [2.05, 4.69) is 10.3 Å². The Morgan fingerprint density at radius 3 is 2.36 bits per heavy atom. The number of aliphatic imine (C=N–C) groups is 1. The maximum Gasteiger partial charge on any atom is 0.253 e. The van der Waals surface area contributed by atoms with Gasteiger partial charge in [-0.15, -0.1) is 0 Å². The molecule has 9 heteroatoms. The first kappa shape index (κ1) is 17.2. The molecule has 0 aromatic heterocycles. The van der Waals surface area contributed by atoms with Crippen LogP contribution in [0.4, 0.5) is 5.69 Å². The Hall–Kier alpha value is -2.68. The van der Waals surface area contributed by atoms with Crippen molar-refractivity contribution < 1.29 is 18.0 Å². The van der Waals surface area contributed by atoms with Crippen LogP contribution in [0.15, 0.2) is 40.9 Å². The predicted molar refractivity (Wildman–Crippen MR) is 94.2 cm³/mol. The summed E-state index contributed by atoms with van der Waals surface area (Å²) >= 11 is 0. The summed E-state index contributed by atoms with van der Waals surface area (Å²) in [6.07, 6.45) is 1.65. The van der Waals surface area contributed by atoms with E-state index in [9.17, 15) is 18.0 Å². The summed E-state index contributed by atoms with van der Waals surface area (Å²) in [4.78, 5) is 29.4. The third-order valence-corrected chi connectivity index (χ3v) is 5.70. The van der Waals surface area contributed by atoms with Gasteiger partial charge in [-0.1, -0.05) is 0 Å². The van der Waals surface area contributed by atoms with Crippen molar-refractivity contribution in [3.8, 4) is 0 Å². The first-order valence-electron chi connectivity index (χ1n) is 7.77. The monoisotopic (exact) mass is 362 g/mol. The molecule has 0 radical (unpaired) electrons. The van der Waals surface area contributed by atoms with Crippen LogP contribution in [0.1, 0.15) is 10.4 Å². The molecule has 3 rings (SSSR count). The van der Waals surface area contributed by atoms with Crippen molar-refractivity contribution in [1.82, 2.24) is 4.90 Å². The van der Waals surface area contributed by atoms with Gasteiger partial charge in [-0.2, -0.15) is 0 Å². The largest absolute Gasteiger partial charge is 0.365 e. The molecule has 8 nitrogen and oxygen atoms in total. The van der Waals surface area contributed by atoms with Crippen LogP contribution in [-0.4, -0.2) is 62.1 Å². The van der Waals surface area contributed by atoms with Gasteiger partial charge < -0.3 is 16.0 Å². The van der Waals surface area contributed by atoms with E-state index in [1.807, 2.05) is 0 Å². The lowest BCUT2D eigenvalue weighted by atomic mass is 10.1. The Labute approximate surface area is 145 Å². The molecular formula is C16H18N4O4S. The molecule has 132 valence electrons. The molecule has 1 aromatic rings. The number of nitrogens with zero attached hydrogens (tertiary/aromatic N) is 2. The number of anilines is 1. The molecule has 0 saturated carbocycles. The number of hydrogen-bond donors (Lipinski definition) is 2.